The van der Waals surface area contributed by atoms with E-state index in [0.717, 1.165) is 21.4 Å². The molecule has 0 fully saturated rings. The van der Waals surface area contributed by atoms with Crippen LogP contribution in [0.15, 0.2) is 54.6 Å². The van der Waals surface area contributed by atoms with Gasteiger partial charge in [0.05, 0.1) is 0 Å². The summed E-state index contributed by atoms with van der Waals surface area (Å²) in [6.45, 7) is 3.22. The third kappa shape index (κ3) is 3.25. The molecule has 0 spiro atoms. The lowest BCUT2D eigenvalue weighted by Crippen LogP contribution is -2.37. The normalized spacial score (nSPS) is 12.4. The number of hydrogen-bond donors (Lipinski definition) is 1. The third-order valence-corrected chi connectivity index (χ3v) is 3.27. The Balaban J connectivity index is 2.23. The lowest BCUT2D eigenvalue weighted by molar-refractivity contribution is -0.539. The van der Waals surface area contributed by atoms with Crippen LogP contribution in [0.3, 0.4) is 0 Å². The van der Waals surface area contributed by atoms with Gasteiger partial charge in [-0.3, -0.25) is 0 Å². The number of nitrogens with zero attached hydrogens (tertiary/aromatic N) is 1. The van der Waals surface area contributed by atoms with Gasteiger partial charge >= 0.3 is 0 Å². The Morgan fingerprint density at radius 2 is 1.55 bits per heavy atom. The molecule has 2 rings (SSSR count). The number of aliphatic hydroxyl groups excluding tert-OH is 1. The average molecular weight is 269 g/mol. The molecule has 20 heavy (non-hydrogen) atoms. The molecule has 0 aliphatic heterocycles. The summed E-state index contributed by atoms with van der Waals surface area (Å²) in [6.07, 6.45) is 1.50. The number of benzene rings is 2. The molecule has 3 nitrogen and oxygen atoms in total. The van der Waals surface area contributed by atoms with Crippen molar-refractivity contribution in [3.8, 4) is 11.1 Å². The molecule has 0 amide bonds. The number of hydrogen-bond acceptors (Lipinski definition) is 2. The highest BCUT2D eigenvalue weighted by atomic mass is 16.5. The zero-order valence-electron chi connectivity index (χ0n) is 11.8. The predicted octanol–water partition coefficient (Wildman–Crippen LogP) is 3.05. The van der Waals surface area contributed by atoms with Crippen LogP contribution in [0.25, 0.3) is 11.1 Å². The van der Waals surface area contributed by atoms with Crippen LogP contribution < -0.4 is 0 Å². The van der Waals surface area contributed by atoms with Gasteiger partial charge in [-0.1, -0.05) is 42.5 Å². The van der Waals surface area contributed by atoms with Crippen molar-refractivity contribution in [1.82, 2.24) is 0 Å². The first kappa shape index (κ1) is 14.3. The van der Waals surface area contributed by atoms with Gasteiger partial charge in [-0.15, -0.1) is 0 Å². The lowest BCUT2D eigenvalue weighted by atomic mass is 10.0. The molecule has 2 aromatic carbocycles. The van der Waals surface area contributed by atoms with E-state index in [1.807, 2.05) is 54.6 Å². The van der Waals surface area contributed by atoms with Gasteiger partial charge in [0.15, 0.2) is 11.8 Å². The Morgan fingerprint density at radius 1 is 1.00 bits per heavy atom. The highest BCUT2D eigenvalue weighted by Crippen LogP contribution is 2.19. The van der Waals surface area contributed by atoms with Gasteiger partial charge < -0.3 is 10.3 Å². The summed E-state index contributed by atoms with van der Waals surface area (Å²) in [5, 5.41) is 21.1. The smallest absolute Gasteiger partial charge is 0.190 e. The van der Waals surface area contributed by atoms with Gasteiger partial charge in [0.1, 0.15) is 6.61 Å². The minimum atomic E-state index is -0.807. The van der Waals surface area contributed by atoms with Crippen molar-refractivity contribution in [2.24, 2.45) is 0 Å². The molecular weight excluding hydrogens is 250 g/mol. The van der Waals surface area contributed by atoms with E-state index in [9.17, 15) is 10.3 Å². The molecule has 1 N–H and O–H groups in total. The molecule has 0 aliphatic carbocycles. The second kappa shape index (κ2) is 5.88. The first-order chi connectivity index (χ1) is 9.53. The molecule has 0 radical (unpaired) electrons. The first-order valence-electron chi connectivity index (χ1n) is 6.60. The molecule has 0 heterocycles. The van der Waals surface area contributed by atoms with E-state index >= 15 is 0 Å². The quantitative estimate of drug-likeness (QED) is 0.401. The maximum Gasteiger partial charge on any atom is 0.190 e. The number of rotatable bonds is 4. The van der Waals surface area contributed by atoms with E-state index < -0.39 is 5.54 Å². The van der Waals surface area contributed by atoms with Crippen LogP contribution >= 0.6 is 0 Å². The monoisotopic (exact) mass is 269 g/mol. The fourth-order valence-corrected chi connectivity index (χ4v) is 1.77. The van der Waals surface area contributed by atoms with Crippen molar-refractivity contribution >= 4 is 6.21 Å². The summed E-state index contributed by atoms with van der Waals surface area (Å²) in [4.78, 5) is 0. The van der Waals surface area contributed by atoms with Crippen LogP contribution in [0.4, 0.5) is 0 Å². The summed E-state index contributed by atoms with van der Waals surface area (Å²) >= 11 is 0. The zero-order chi connectivity index (χ0) is 14.6. The fourth-order valence-electron chi connectivity index (χ4n) is 1.77. The summed E-state index contributed by atoms with van der Waals surface area (Å²) in [5.41, 5.74) is 2.27. The van der Waals surface area contributed by atoms with Crippen LogP contribution in [0.5, 0.6) is 0 Å². The van der Waals surface area contributed by atoms with Crippen LogP contribution in [-0.4, -0.2) is 28.2 Å². The van der Waals surface area contributed by atoms with Gasteiger partial charge in [0, 0.05) is 19.4 Å². The molecule has 2 aromatic rings. The largest absolute Gasteiger partial charge is 0.623 e. The van der Waals surface area contributed by atoms with E-state index in [1.54, 1.807) is 13.8 Å². The van der Waals surface area contributed by atoms with Gasteiger partial charge in [0.2, 0.25) is 0 Å². The zero-order valence-corrected chi connectivity index (χ0v) is 11.8. The summed E-state index contributed by atoms with van der Waals surface area (Å²) in [6, 6.07) is 17.9. The standard InChI is InChI=1S/C17H19NO2/c1-17(2,13-19)18(20)12-14-8-10-16(11-9-14)15-6-4-3-5-7-15/h3-12,19H,13H2,1-2H3/b18-12-. The maximum atomic E-state index is 11.9. The van der Waals surface area contributed by atoms with Crippen molar-refractivity contribution in [2.45, 2.75) is 19.4 Å². The van der Waals surface area contributed by atoms with Gasteiger partial charge in [-0.2, -0.15) is 0 Å². The van der Waals surface area contributed by atoms with Crippen LogP contribution in [0, 0.1) is 5.21 Å². The van der Waals surface area contributed by atoms with Crippen LogP contribution in [0.1, 0.15) is 19.4 Å². The van der Waals surface area contributed by atoms with Crippen LogP contribution in [0.2, 0.25) is 0 Å². The maximum absolute atomic E-state index is 11.9. The van der Waals surface area contributed by atoms with Crippen molar-refractivity contribution in [3.05, 3.63) is 65.4 Å². The molecular formula is C17H19NO2. The second-order valence-electron chi connectivity index (χ2n) is 5.41. The van der Waals surface area contributed by atoms with E-state index in [2.05, 4.69) is 0 Å². The minimum Gasteiger partial charge on any atom is -0.623 e. The van der Waals surface area contributed by atoms with Crippen molar-refractivity contribution < 1.29 is 9.85 Å². The molecule has 104 valence electrons. The highest BCUT2D eigenvalue weighted by Gasteiger charge is 2.24. The predicted molar refractivity (Wildman–Crippen MR) is 81.8 cm³/mol. The van der Waals surface area contributed by atoms with E-state index in [1.165, 1.54) is 6.21 Å². The molecule has 0 aliphatic rings. The molecule has 0 unspecified atom stereocenters. The summed E-state index contributed by atoms with van der Waals surface area (Å²) in [7, 11) is 0. The first-order valence-corrected chi connectivity index (χ1v) is 6.60. The van der Waals surface area contributed by atoms with Crippen molar-refractivity contribution in [2.75, 3.05) is 6.61 Å². The Kier molecular flexibility index (Phi) is 4.20. The fraction of sp³-hybridized carbons (Fsp3) is 0.235. The van der Waals surface area contributed by atoms with E-state index in [-0.39, 0.29) is 6.61 Å². The summed E-state index contributed by atoms with van der Waals surface area (Å²) in [5.74, 6) is 0. The van der Waals surface area contributed by atoms with Gasteiger partial charge in [0.25, 0.3) is 0 Å². The number of hydroxylamine groups is 1. The Morgan fingerprint density at radius 3 is 2.10 bits per heavy atom. The van der Waals surface area contributed by atoms with Crippen molar-refractivity contribution in [3.63, 3.8) is 0 Å². The average Bonchev–Trinajstić information content (AvgIpc) is 2.49. The molecule has 0 atom stereocenters. The molecule has 0 saturated carbocycles. The topological polar surface area (TPSA) is 46.3 Å². The molecule has 0 saturated heterocycles. The Hall–Kier alpha value is -2.13. The Bertz CT molecular complexity index is 586. The second-order valence-corrected chi connectivity index (χ2v) is 5.41. The number of aliphatic hydroxyl groups is 1. The third-order valence-electron chi connectivity index (χ3n) is 3.27. The lowest BCUT2D eigenvalue weighted by Gasteiger charge is -2.21. The molecule has 0 aromatic heterocycles. The molecule has 3 heteroatoms. The van der Waals surface area contributed by atoms with Gasteiger partial charge in [-0.25, -0.2) is 4.74 Å². The van der Waals surface area contributed by atoms with E-state index in [4.69, 9.17) is 0 Å². The molecule has 0 bridgehead atoms. The Labute approximate surface area is 119 Å². The van der Waals surface area contributed by atoms with Crippen LogP contribution in [-0.2, 0) is 0 Å². The summed E-state index contributed by atoms with van der Waals surface area (Å²) < 4.78 is 0.796. The van der Waals surface area contributed by atoms with Gasteiger partial charge in [-0.05, 0) is 23.3 Å². The minimum absolute atomic E-state index is 0.185. The van der Waals surface area contributed by atoms with E-state index in [0.29, 0.717) is 0 Å². The van der Waals surface area contributed by atoms with Crippen molar-refractivity contribution in [1.29, 1.82) is 0 Å². The highest BCUT2D eigenvalue weighted by molar-refractivity contribution is 5.77. The SMILES string of the molecule is CC(C)(CO)/[N+]([O-])=C/c1ccc(-c2ccccc2)cc1.